The summed E-state index contributed by atoms with van der Waals surface area (Å²) in [5.74, 6) is 0. The zero-order valence-electron chi connectivity index (χ0n) is 10.1. The number of alkyl halides is 1. The highest BCUT2D eigenvalue weighted by atomic mass is 79.9. The van der Waals surface area contributed by atoms with Crippen LogP contribution < -0.4 is 0 Å². The lowest BCUT2D eigenvalue weighted by atomic mass is 10.5. The van der Waals surface area contributed by atoms with E-state index in [1.807, 2.05) is 6.92 Å². The highest BCUT2D eigenvalue weighted by molar-refractivity contribution is 9.09. The summed E-state index contributed by atoms with van der Waals surface area (Å²) in [6, 6.07) is 0. The van der Waals surface area contributed by atoms with Crippen molar-refractivity contribution in [2.24, 2.45) is 0 Å². The molecule has 0 unspecified atom stereocenters. The minimum Gasteiger partial charge on any atom is -0.500 e. The highest BCUT2D eigenvalue weighted by Crippen LogP contribution is 2.57. The van der Waals surface area contributed by atoms with Crippen molar-refractivity contribution in [3.8, 4) is 0 Å². The molecule has 0 aromatic rings. The molecule has 0 saturated carbocycles. The molecule has 0 atom stereocenters. The van der Waals surface area contributed by atoms with Gasteiger partial charge in [-0.25, -0.2) is 0 Å². The first-order valence-corrected chi connectivity index (χ1v) is 8.07. The van der Waals surface area contributed by atoms with E-state index < -0.39 is 7.60 Å². The molecule has 0 heterocycles. The van der Waals surface area contributed by atoms with Gasteiger partial charge in [-0.3, -0.25) is 4.57 Å². The van der Waals surface area contributed by atoms with Crippen LogP contribution >= 0.6 is 23.5 Å². The topological polar surface area (TPSA) is 44.8 Å². The molecule has 0 aliphatic rings. The number of allylic oxidation sites excluding steroid dienone is 1. The Hall–Kier alpha value is 0.170. The van der Waals surface area contributed by atoms with Crippen molar-refractivity contribution < 1.29 is 18.3 Å². The summed E-state index contributed by atoms with van der Waals surface area (Å²) in [7, 11) is -3.15. The molecule has 0 spiro atoms. The van der Waals surface area contributed by atoms with Crippen molar-refractivity contribution in [1.29, 1.82) is 0 Å². The SMILES string of the molecule is CCOP(=O)(OCC)/C(=C/OCCBr)CC. The van der Waals surface area contributed by atoms with E-state index in [9.17, 15) is 4.57 Å². The van der Waals surface area contributed by atoms with E-state index in [0.717, 1.165) is 5.33 Å². The lowest BCUT2D eigenvalue weighted by Gasteiger charge is -2.18. The van der Waals surface area contributed by atoms with Gasteiger partial charge in [-0.1, -0.05) is 22.9 Å². The van der Waals surface area contributed by atoms with Gasteiger partial charge >= 0.3 is 7.60 Å². The average Bonchev–Trinajstić information content (AvgIpc) is 2.25. The van der Waals surface area contributed by atoms with Crippen LogP contribution in [-0.2, 0) is 18.3 Å². The second kappa shape index (κ2) is 9.23. The maximum absolute atomic E-state index is 12.3. The van der Waals surface area contributed by atoms with Crippen molar-refractivity contribution in [1.82, 2.24) is 0 Å². The molecular formula is C10H20BrO4P. The first-order chi connectivity index (χ1) is 7.64. The fraction of sp³-hybridized carbons (Fsp3) is 0.800. The summed E-state index contributed by atoms with van der Waals surface area (Å²) >= 11 is 3.25. The fourth-order valence-corrected chi connectivity index (χ4v) is 2.95. The van der Waals surface area contributed by atoms with E-state index in [0.29, 0.717) is 31.6 Å². The summed E-state index contributed by atoms with van der Waals surface area (Å²) in [6.07, 6.45) is 2.08. The van der Waals surface area contributed by atoms with Gasteiger partial charge in [0.1, 0.15) is 0 Å². The number of halogens is 1. The normalized spacial score (nSPS) is 12.9. The molecule has 6 heteroatoms. The first-order valence-electron chi connectivity index (χ1n) is 5.40. The molecular weight excluding hydrogens is 295 g/mol. The Balaban J connectivity index is 4.69. The molecule has 96 valence electrons. The quantitative estimate of drug-likeness (QED) is 0.280. The maximum Gasteiger partial charge on any atom is 0.360 e. The Labute approximate surface area is 106 Å². The smallest absolute Gasteiger partial charge is 0.360 e. The van der Waals surface area contributed by atoms with Crippen LogP contribution in [0.5, 0.6) is 0 Å². The van der Waals surface area contributed by atoms with E-state index in [1.165, 1.54) is 6.26 Å². The second-order valence-corrected chi connectivity index (χ2v) is 5.73. The zero-order chi connectivity index (χ0) is 12.4. The van der Waals surface area contributed by atoms with E-state index in [1.54, 1.807) is 13.8 Å². The third-order valence-corrected chi connectivity index (χ3v) is 4.37. The largest absolute Gasteiger partial charge is 0.500 e. The van der Waals surface area contributed by atoms with Crippen molar-refractivity contribution in [2.75, 3.05) is 25.2 Å². The summed E-state index contributed by atoms with van der Waals surface area (Å²) in [5.41, 5.74) is 0. The maximum atomic E-state index is 12.3. The minimum absolute atomic E-state index is 0.354. The molecule has 0 aromatic heterocycles. The summed E-state index contributed by atoms with van der Waals surface area (Å²) in [4.78, 5) is 0. The van der Waals surface area contributed by atoms with Gasteiger partial charge in [-0.2, -0.15) is 0 Å². The molecule has 4 nitrogen and oxygen atoms in total. The Morgan fingerprint density at radius 2 is 1.81 bits per heavy atom. The summed E-state index contributed by atoms with van der Waals surface area (Å²) in [6.45, 7) is 6.71. The Morgan fingerprint density at radius 1 is 1.25 bits per heavy atom. The molecule has 0 saturated heterocycles. The van der Waals surface area contributed by atoms with Gasteiger partial charge in [-0.15, -0.1) is 0 Å². The molecule has 16 heavy (non-hydrogen) atoms. The zero-order valence-corrected chi connectivity index (χ0v) is 12.6. The molecule has 0 aromatic carbocycles. The van der Waals surface area contributed by atoms with Crippen molar-refractivity contribution in [3.05, 3.63) is 11.6 Å². The summed E-state index contributed by atoms with van der Waals surface area (Å²) < 4.78 is 28.0. The third-order valence-electron chi connectivity index (χ3n) is 1.73. The van der Waals surface area contributed by atoms with Gasteiger partial charge in [0.2, 0.25) is 0 Å². The van der Waals surface area contributed by atoms with E-state index in [2.05, 4.69) is 15.9 Å². The first kappa shape index (κ1) is 16.2. The molecule has 0 aliphatic carbocycles. The van der Waals surface area contributed by atoms with Gasteiger partial charge in [-0.05, 0) is 20.3 Å². The van der Waals surface area contributed by atoms with Crippen LogP contribution in [0.25, 0.3) is 0 Å². The number of ether oxygens (including phenoxy) is 1. The Morgan fingerprint density at radius 3 is 2.19 bits per heavy atom. The molecule has 0 fully saturated rings. The van der Waals surface area contributed by atoms with Gasteiger partial charge in [0.25, 0.3) is 0 Å². The van der Waals surface area contributed by atoms with Crippen molar-refractivity contribution in [2.45, 2.75) is 27.2 Å². The molecule has 0 rings (SSSR count). The number of hydrogen-bond acceptors (Lipinski definition) is 4. The minimum atomic E-state index is -3.15. The molecule has 0 radical (unpaired) electrons. The average molecular weight is 315 g/mol. The van der Waals surface area contributed by atoms with Crippen LogP contribution in [0.1, 0.15) is 27.2 Å². The lowest BCUT2D eigenvalue weighted by molar-refractivity contribution is 0.221. The second-order valence-electron chi connectivity index (χ2n) is 2.86. The van der Waals surface area contributed by atoms with Crippen LogP contribution in [-0.4, -0.2) is 25.2 Å². The molecule has 0 bridgehead atoms. The predicted molar refractivity (Wildman–Crippen MR) is 69.0 cm³/mol. The van der Waals surface area contributed by atoms with Crippen molar-refractivity contribution in [3.63, 3.8) is 0 Å². The van der Waals surface area contributed by atoms with E-state index in [4.69, 9.17) is 13.8 Å². The number of hydrogen-bond donors (Lipinski definition) is 0. The van der Waals surface area contributed by atoms with Gasteiger partial charge in [0.05, 0.1) is 31.4 Å². The van der Waals surface area contributed by atoms with Gasteiger partial charge in [0, 0.05) is 5.33 Å². The van der Waals surface area contributed by atoms with Crippen LogP contribution in [0, 0.1) is 0 Å². The summed E-state index contributed by atoms with van der Waals surface area (Å²) in [5, 5.41) is 1.31. The van der Waals surface area contributed by atoms with E-state index >= 15 is 0 Å². The van der Waals surface area contributed by atoms with Crippen LogP contribution in [0.3, 0.4) is 0 Å². The van der Waals surface area contributed by atoms with Crippen molar-refractivity contribution >= 4 is 23.5 Å². The molecule has 0 amide bonds. The van der Waals surface area contributed by atoms with Crippen LogP contribution in [0.15, 0.2) is 11.6 Å². The third kappa shape index (κ3) is 5.48. The Kier molecular flexibility index (Phi) is 9.32. The highest BCUT2D eigenvalue weighted by Gasteiger charge is 2.28. The fourth-order valence-electron chi connectivity index (χ4n) is 1.08. The van der Waals surface area contributed by atoms with Gasteiger partial charge < -0.3 is 13.8 Å². The standard InChI is InChI=1S/C10H20BrO4P/c1-4-10(9-13-8-7-11)16(12,14-5-2)15-6-3/h9H,4-8H2,1-3H3/b10-9+. The Bertz CT molecular complexity index is 245. The number of rotatable bonds is 9. The van der Waals surface area contributed by atoms with Crippen LogP contribution in [0.4, 0.5) is 0 Å². The van der Waals surface area contributed by atoms with Gasteiger partial charge in [0.15, 0.2) is 0 Å². The molecule has 0 aliphatic heterocycles. The monoisotopic (exact) mass is 314 g/mol. The predicted octanol–water partition coefficient (Wildman–Crippen LogP) is 3.92. The molecule has 0 N–H and O–H groups in total. The lowest BCUT2D eigenvalue weighted by Crippen LogP contribution is -2.00. The van der Waals surface area contributed by atoms with E-state index in [-0.39, 0.29) is 0 Å². The van der Waals surface area contributed by atoms with Crippen LogP contribution in [0.2, 0.25) is 0 Å².